The topological polar surface area (TPSA) is 53.1 Å². The molecular weight excluding hydrogens is 354 g/mol. The molecule has 1 aliphatic carbocycles. The van der Waals surface area contributed by atoms with Gasteiger partial charge >= 0.3 is 0 Å². The summed E-state index contributed by atoms with van der Waals surface area (Å²) in [6.07, 6.45) is 4.97. The molecule has 6 heteroatoms. The van der Waals surface area contributed by atoms with Crippen LogP contribution in [0.2, 0.25) is 0 Å². The number of carbonyl (C=O) groups is 2. The molecule has 1 aromatic rings. The lowest BCUT2D eigenvalue weighted by molar-refractivity contribution is -0.142. The molecule has 4 aliphatic rings. The second kappa shape index (κ2) is 7.48. The minimum atomic E-state index is -0.0358. The van der Waals surface area contributed by atoms with E-state index in [0.717, 1.165) is 77.2 Å². The zero-order chi connectivity index (χ0) is 19.1. The van der Waals surface area contributed by atoms with Gasteiger partial charge in [0.2, 0.25) is 11.8 Å². The maximum absolute atomic E-state index is 12.7. The fraction of sp³-hybridized carbons (Fsp3) is 0.636. The van der Waals surface area contributed by atoms with E-state index in [0.29, 0.717) is 6.67 Å². The molecular formula is C22H29N3O3. The first-order valence-corrected chi connectivity index (χ1v) is 10.7. The van der Waals surface area contributed by atoms with Crippen molar-refractivity contribution in [3.8, 4) is 5.75 Å². The van der Waals surface area contributed by atoms with Crippen LogP contribution in [0.1, 0.15) is 36.8 Å². The number of amides is 2. The van der Waals surface area contributed by atoms with Gasteiger partial charge in [-0.05, 0) is 30.0 Å². The number of nitrogens with zero attached hydrogens (tertiary/aromatic N) is 3. The van der Waals surface area contributed by atoms with Gasteiger partial charge in [0, 0.05) is 39.1 Å². The zero-order valence-electron chi connectivity index (χ0n) is 16.4. The Labute approximate surface area is 166 Å². The van der Waals surface area contributed by atoms with E-state index in [4.69, 9.17) is 4.74 Å². The Kier molecular flexibility index (Phi) is 4.85. The fourth-order valence-corrected chi connectivity index (χ4v) is 5.26. The van der Waals surface area contributed by atoms with Gasteiger partial charge in [-0.3, -0.25) is 24.3 Å². The first-order valence-electron chi connectivity index (χ1n) is 10.7. The Bertz CT molecular complexity index is 748. The van der Waals surface area contributed by atoms with Gasteiger partial charge in [-0.2, -0.15) is 0 Å². The number of benzene rings is 1. The summed E-state index contributed by atoms with van der Waals surface area (Å²) in [6, 6.07) is 6.54. The maximum Gasteiger partial charge on any atom is 0.234 e. The summed E-state index contributed by atoms with van der Waals surface area (Å²) in [4.78, 5) is 31.6. The number of carbonyl (C=O) groups excluding carboxylic acids is 2. The highest BCUT2D eigenvalue weighted by molar-refractivity contribution is 6.05. The van der Waals surface area contributed by atoms with Gasteiger partial charge in [0.05, 0.1) is 25.1 Å². The van der Waals surface area contributed by atoms with Crippen LogP contribution in [0.25, 0.3) is 0 Å². The molecule has 2 amide bonds. The molecule has 0 aromatic heterocycles. The summed E-state index contributed by atoms with van der Waals surface area (Å²) in [5.41, 5.74) is 2.66. The smallest absolute Gasteiger partial charge is 0.234 e. The van der Waals surface area contributed by atoms with Crippen molar-refractivity contribution < 1.29 is 14.3 Å². The van der Waals surface area contributed by atoms with E-state index < -0.39 is 0 Å². The van der Waals surface area contributed by atoms with Crippen molar-refractivity contribution in [2.75, 3.05) is 39.5 Å². The molecule has 0 N–H and O–H groups in total. The highest BCUT2D eigenvalue weighted by Gasteiger charge is 2.48. The minimum Gasteiger partial charge on any atom is -0.493 e. The van der Waals surface area contributed by atoms with Crippen LogP contribution in [-0.4, -0.2) is 66.0 Å². The first-order chi connectivity index (χ1) is 13.7. The van der Waals surface area contributed by atoms with Crippen molar-refractivity contribution in [1.29, 1.82) is 0 Å². The highest BCUT2D eigenvalue weighted by Crippen LogP contribution is 2.38. The first kappa shape index (κ1) is 18.1. The second-order valence-corrected chi connectivity index (χ2v) is 8.68. The summed E-state index contributed by atoms with van der Waals surface area (Å²) in [5.74, 6) is 1.13. The van der Waals surface area contributed by atoms with Gasteiger partial charge in [0.15, 0.2) is 0 Å². The van der Waals surface area contributed by atoms with Gasteiger partial charge in [-0.25, -0.2) is 0 Å². The van der Waals surface area contributed by atoms with Crippen molar-refractivity contribution in [3.05, 3.63) is 29.3 Å². The number of fused-ring (bicyclic) bond motifs is 2. The van der Waals surface area contributed by atoms with Crippen LogP contribution in [0.15, 0.2) is 18.2 Å². The lowest BCUT2D eigenvalue weighted by Crippen LogP contribution is -2.51. The molecule has 1 saturated carbocycles. The number of likely N-dealkylation sites (tertiary alicyclic amines) is 1. The van der Waals surface area contributed by atoms with Crippen LogP contribution in [-0.2, 0) is 22.6 Å². The summed E-state index contributed by atoms with van der Waals surface area (Å²) in [7, 11) is 0. The molecule has 3 fully saturated rings. The van der Waals surface area contributed by atoms with E-state index in [9.17, 15) is 9.59 Å². The maximum atomic E-state index is 12.7. The van der Waals surface area contributed by atoms with Gasteiger partial charge < -0.3 is 4.74 Å². The largest absolute Gasteiger partial charge is 0.493 e. The number of ether oxygens (including phenoxy) is 1. The van der Waals surface area contributed by atoms with Crippen molar-refractivity contribution in [1.82, 2.24) is 14.7 Å². The Morgan fingerprint density at radius 2 is 1.61 bits per heavy atom. The third-order valence-corrected chi connectivity index (χ3v) is 6.90. The van der Waals surface area contributed by atoms with Gasteiger partial charge in [0.25, 0.3) is 0 Å². The van der Waals surface area contributed by atoms with E-state index in [1.54, 1.807) is 4.90 Å². The molecule has 150 valence electrons. The van der Waals surface area contributed by atoms with E-state index in [-0.39, 0.29) is 23.7 Å². The molecule has 28 heavy (non-hydrogen) atoms. The number of hydrogen-bond acceptors (Lipinski definition) is 5. The van der Waals surface area contributed by atoms with E-state index >= 15 is 0 Å². The second-order valence-electron chi connectivity index (χ2n) is 8.68. The van der Waals surface area contributed by atoms with E-state index in [1.165, 1.54) is 11.1 Å². The molecule has 0 bridgehead atoms. The van der Waals surface area contributed by atoms with Crippen molar-refractivity contribution >= 4 is 11.8 Å². The van der Waals surface area contributed by atoms with Crippen LogP contribution >= 0.6 is 0 Å². The Hall–Kier alpha value is -1.92. The predicted octanol–water partition coefficient (Wildman–Crippen LogP) is 1.87. The SMILES string of the molecule is O=C1[C@H]2CCCC[C@H]2C(=O)N1CN1CCN(Cc2ccc3c(c2)CCO3)CC1. The zero-order valence-corrected chi connectivity index (χ0v) is 16.4. The van der Waals surface area contributed by atoms with Crippen LogP contribution < -0.4 is 4.74 Å². The van der Waals surface area contributed by atoms with E-state index in [2.05, 4.69) is 28.0 Å². The van der Waals surface area contributed by atoms with E-state index in [1.807, 2.05) is 0 Å². The predicted molar refractivity (Wildman–Crippen MR) is 105 cm³/mol. The molecule has 2 atom stereocenters. The molecule has 0 unspecified atom stereocenters. The lowest BCUT2D eigenvalue weighted by Gasteiger charge is -2.36. The molecule has 1 aromatic carbocycles. The van der Waals surface area contributed by atoms with Crippen molar-refractivity contribution in [2.45, 2.75) is 38.6 Å². The quantitative estimate of drug-likeness (QED) is 0.743. The third kappa shape index (κ3) is 3.33. The Morgan fingerprint density at radius 3 is 2.32 bits per heavy atom. The molecule has 2 saturated heterocycles. The minimum absolute atomic E-state index is 0.0358. The standard InChI is InChI=1S/C22H29N3O3/c26-21-18-3-1-2-4-19(18)22(27)25(21)15-24-10-8-23(9-11-24)14-16-5-6-20-17(13-16)7-12-28-20/h5-6,13,18-19H,1-4,7-12,14-15H2/t18-,19+. The Morgan fingerprint density at radius 1 is 0.929 bits per heavy atom. The molecule has 6 nitrogen and oxygen atoms in total. The molecule has 3 aliphatic heterocycles. The van der Waals surface area contributed by atoms with Crippen LogP contribution in [0.4, 0.5) is 0 Å². The summed E-state index contributed by atoms with van der Waals surface area (Å²) < 4.78 is 5.59. The van der Waals surface area contributed by atoms with Crippen LogP contribution in [0.3, 0.4) is 0 Å². The number of imide groups is 1. The normalized spacial score (nSPS) is 28.4. The van der Waals surface area contributed by atoms with Crippen LogP contribution in [0.5, 0.6) is 5.75 Å². The lowest BCUT2D eigenvalue weighted by atomic mass is 9.81. The molecule has 0 radical (unpaired) electrons. The Balaban J connectivity index is 1.14. The van der Waals surface area contributed by atoms with Crippen molar-refractivity contribution in [3.63, 3.8) is 0 Å². The van der Waals surface area contributed by atoms with Gasteiger partial charge in [-0.1, -0.05) is 25.0 Å². The molecule has 3 heterocycles. The monoisotopic (exact) mass is 383 g/mol. The molecule has 0 spiro atoms. The van der Waals surface area contributed by atoms with Crippen LogP contribution in [0, 0.1) is 11.8 Å². The van der Waals surface area contributed by atoms with Gasteiger partial charge in [-0.15, -0.1) is 0 Å². The molecule has 5 rings (SSSR count). The third-order valence-electron chi connectivity index (χ3n) is 6.90. The average molecular weight is 383 g/mol. The number of hydrogen-bond donors (Lipinski definition) is 0. The highest BCUT2D eigenvalue weighted by atomic mass is 16.5. The fourth-order valence-electron chi connectivity index (χ4n) is 5.26. The summed E-state index contributed by atoms with van der Waals surface area (Å²) in [5, 5.41) is 0. The number of piperazine rings is 1. The average Bonchev–Trinajstić information content (AvgIpc) is 3.28. The number of rotatable bonds is 4. The summed E-state index contributed by atoms with van der Waals surface area (Å²) in [6.45, 7) is 5.98. The van der Waals surface area contributed by atoms with Gasteiger partial charge in [0.1, 0.15) is 5.75 Å². The summed E-state index contributed by atoms with van der Waals surface area (Å²) >= 11 is 0. The van der Waals surface area contributed by atoms with Crippen molar-refractivity contribution in [2.24, 2.45) is 11.8 Å².